The van der Waals surface area contributed by atoms with Crippen molar-refractivity contribution >= 4 is 0 Å². The number of hydrogen-bond donors (Lipinski definition) is 1. The fraction of sp³-hybridized carbons (Fsp3) is 1.00. The van der Waals surface area contributed by atoms with Crippen molar-refractivity contribution in [2.75, 3.05) is 19.7 Å². The highest BCUT2D eigenvalue weighted by atomic mass is 16.5. The summed E-state index contributed by atoms with van der Waals surface area (Å²) in [4.78, 5) is 0. The molecule has 1 rings (SSSR count). The third-order valence-corrected chi connectivity index (χ3v) is 3.41. The van der Waals surface area contributed by atoms with E-state index >= 15 is 0 Å². The Morgan fingerprint density at radius 3 is 2.41 bits per heavy atom. The highest BCUT2D eigenvalue weighted by Crippen LogP contribution is 2.23. The van der Waals surface area contributed by atoms with E-state index in [2.05, 4.69) is 33.0 Å². The molecule has 0 aliphatic carbocycles. The minimum atomic E-state index is 0.541. The second kappa shape index (κ2) is 8.10. The number of rotatable bonds is 8. The van der Waals surface area contributed by atoms with Gasteiger partial charge >= 0.3 is 0 Å². The molecule has 1 aliphatic heterocycles. The lowest BCUT2D eigenvalue weighted by Crippen LogP contribution is -2.29. The van der Waals surface area contributed by atoms with E-state index in [1.54, 1.807) is 0 Å². The minimum absolute atomic E-state index is 0.541. The van der Waals surface area contributed by atoms with Crippen molar-refractivity contribution in [1.29, 1.82) is 0 Å². The lowest BCUT2D eigenvalue weighted by atomic mass is 9.91. The van der Waals surface area contributed by atoms with Gasteiger partial charge < -0.3 is 10.1 Å². The molecule has 1 saturated heterocycles. The summed E-state index contributed by atoms with van der Waals surface area (Å²) in [6.07, 6.45) is 5.66. The Morgan fingerprint density at radius 2 is 1.88 bits per heavy atom. The highest BCUT2D eigenvalue weighted by Gasteiger charge is 2.21. The Labute approximate surface area is 108 Å². The predicted molar refractivity (Wildman–Crippen MR) is 74.2 cm³/mol. The van der Waals surface area contributed by atoms with E-state index in [1.165, 1.54) is 25.7 Å². The third-order valence-electron chi connectivity index (χ3n) is 3.41. The van der Waals surface area contributed by atoms with Crippen LogP contribution >= 0.6 is 0 Å². The van der Waals surface area contributed by atoms with Gasteiger partial charge in [-0.2, -0.15) is 0 Å². The van der Waals surface area contributed by atoms with Crippen molar-refractivity contribution in [1.82, 2.24) is 5.32 Å². The first-order valence-corrected chi connectivity index (χ1v) is 7.40. The fourth-order valence-electron chi connectivity index (χ4n) is 2.71. The Morgan fingerprint density at radius 1 is 1.12 bits per heavy atom. The van der Waals surface area contributed by atoms with Crippen molar-refractivity contribution in [3.63, 3.8) is 0 Å². The summed E-state index contributed by atoms with van der Waals surface area (Å²) in [5.74, 6) is 2.33. The summed E-state index contributed by atoms with van der Waals surface area (Å²) < 4.78 is 5.76. The summed E-state index contributed by atoms with van der Waals surface area (Å²) in [5, 5.41) is 3.61. The van der Waals surface area contributed by atoms with Gasteiger partial charge in [0.05, 0.1) is 6.10 Å². The maximum absolute atomic E-state index is 5.76. The third kappa shape index (κ3) is 7.05. The van der Waals surface area contributed by atoms with E-state index < -0.39 is 0 Å². The molecule has 1 fully saturated rings. The monoisotopic (exact) mass is 241 g/mol. The van der Waals surface area contributed by atoms with Crippen LogP contribution in [0.15, 0.2) is 0 Å². The Balaban J connectivity index is 2.25. The van der Waals surface area contributed by atoms with E-state index in [0.29, 0.717) is 6.10 Å². The molecule has 2 unspecified atom stereocenters. The smallest absolute Gasteiger partial charge is 0.0579 e. The molecule has 0 saturated carbocycles. The second-order valence-electron chi connectivity index (χ2n) is 6.42. The van der Waals surface area contributed by atoms with Crippen LogP contribution in [0.5, 0.6) is 0 Å². The van der Waals surface area contributed by atoms with Gasteiger partial charge in [-0.3, -0.25) is 0 Å². The van der Waals surface area contributed by atoms with E-state index in [4.69, 9.17) is 4.74 Å². The van der Waals surface area contributed by atoms with E-state index in [9.17, 15) is 0 Å². The van der Waals surface area contributed by atoms with Crippen molar-refractivity contribution in [3.05, 3.63) is 0 Å². The van der Waals surface area contributed by atoms with E-state index in [0.717, 1.165) is 37.5 Å². The first kappa shape index (κ1) is 15.0. The average molecular weight is 241 g/mol. The molecule has 0 radical (unpaired) electrons. The summed E-state index contributed by atoms with van der Waals surface area (Å²) in [6.45, 7) is 12.5. The van der Waals surface area contributed by atoms with Crippen LogP contribution in [0, 0.1) is 17.8 Å². The van der Waals surface area contributed by atoms with E-state index in [-0.39, 0.29) is 0 Å². The lowest BCUT2D eigenvalue weighted by Gasteiger charge is -2.23. The van der Waals surface area contributed by atoms with Crippen LogP contribution < -0.4 is 5.32 Å². The topological polar surface area (TPSA) is 21.3 Å². The van der Waals surface area contributed by atoms with Gasteiger partial charge in [-0.1, -0.05) is 27.7 Å². The van der Waals surface area contributed by atoms with E-state index in [1.807, 2.05) is 0 Å². The van der Waals surface area contributed by atoms with Crippen LogP contribution in [0.2, 0.25) is 0 Å². The van der Waals surface area contributed by atoms with Crippen molar-refractivity contribution in [2.24, 2.45) is 17.8 Å². The van der Waals surface area contributed by atoms with Crippen LogP contribution in [0.3, 0.4) is 0 Å². The Bertz CT molecular complexity index is 185. The average Bonchev–Trinajstić information content (AvgIpc) is 2.68. The molecule has 2 heteroatoms. The van der Waals surface area contributed by atoms with Crippen molar-refractivity contribution in [2.45, 2.75) is 59.5 Å². The molecule has 1 N–H and O–H groups in total. The van der Waals surface area contributed by atoms with Crippen LogP contribution in [-0.2, 0) is 4.74 Å². The Kier molecular flexibility index (Phi) is 7.14. The molecule has 0 amide bonds. The van der Waals surface area contributed by atoms with Gasteiger partial charge in [0.2, 0.25) is 0 Å². The summed E-state index contributed by atoms with van der Waals surface area (Å²) >= 11 is 0. The van der Waals surface area contributed by atoms with Gasteiger partial charge in [0.25, 0.3) is 0 Å². The van der Waals surface area contributed by atoms with Crippen LogP contribution in [0.1, 0.15) is 53.4 Å². The van der Waals surface area contributed by atoms with Crippen molar-refractivity contribution < 1.29 is 4.74 Å². The molecular weight excluding hydrogens is 210 g/mol. The van der Waals surface area contributed by atoms with Crippen molar-refractivity contribution in [3.8, 4) is 0 Å². The SMILES string of the molecule is CC(C)CNCC(CC(C)C)CC1CCCO1. The molecule has 2 nitrogen and oxygen atoms in total. The quantitative estimate of drug-likeness (QED) is 0.702. The molecule has 0 aromatic carbocycles. The van der Waals surface area contributed by atoms with Gasteiger partial charge in [0.1, 0.15) is 0 Å². The first-order valence-electron chi connectivity index (χ1n) is 7.40. The minimum Gasteiger partial charge on any atom is -0.378 e. The maximum Gasteiger partial charge on any atom is 0.0579 e. The zero-order chi connectivity index (χ0) is 12.7. The maximum atomic E-state index is 5.76. The van der Waals surface area contributed by atoms with Crippen LogP contribution in [0.25, 0.3) is 0 Å². The molecular formula is C15H31NO. The molecule has 1 heterocycles. The van der Waals surface area contributed by atoms with Crippen LogP contribution in [0.4, 0.5) is 0 Å². The lowest BCUT2D eigenvalue weighted by molar-refractivity contribution is 0.0858. The summed E-state index contributed by atoms with van der Waals surface area (Å²) in [7, 11) is 0. The van der Waals surface area contributed by atoms with Crippen LogP contribution in [-0.4, -0.2) is 25.8 Å². The second-order valence-corrected chi connectivity index (χ2v) is 6.42. The summed E-state index contributed by atoms with van der Waals surface area (Å²) in [5.41, 5.74) is 0. The molecule has 0 aromatic heterocycles. The molecule has 0 spiro atoms. The zero-order valence-electron chi connectivity index (χ0n) is 12.2. The van der Waals surface area contributed by atoms with Gasteiger partial charge in [0.15, 0.2) is 0 Å². The Hall–Kier alpha value is -0.0800. The molecule has 1 aliphatic rings. The largest absolute Gasteiger partial charge is 0.378 e. The highest BCUT2D eigenvalue weighted by molar-refractivity contribution is 4.73. The zero-order valence-corrected chi connectivity index (χ0v) is 12.2. The molecule has 17 heavy (non-hydrogen) atoms. The number of nitrogens with one attached hydrogen (secondary N) is 1. The molecule has 102 valence electrons. The molecule has 0 bridgehead atoms. The van der Waals surface area contributed by atoms with Gasteiger partial charge in [0, 0.05) is 6.61 Å². The number of ether oxygens (including phenoxy) is 1. The van der Waals surface area contributed by atoms with Gasteiger partial charge in [-0.15, -0.1) is 0 Å². The predicted octanol–water partition coefficient (Wildman–Crippen LogP) is 3.46. The fourth-order valence-corrected chi connectivity index (χ4v) is 2.71. The number of hydrogen-bond acceptors (Lipinski definition) is 2. The first-order chi connectivity index (χ1) is 8.08. The standard InChI is InChI=1S/C15H31NO/c1-12(2)8-14(11-16-10-13(3)4)9-15-6-5-7-17-15/h12-16H,5-11H2,1-4H3. The molecule has 2 atom stereocenters. The molecule has 0 aromatic rings. The normalized spacial score (nSPS) is 22.6. The van der Waals surface area contributed by atoms with Gasteiger partial charge in [-0.05, 0) is 56.5 Å². The summed E-state index contributed by atoms with van der Waals surface area (Å²) in [6, 6.07) is 0. The van der Waals surface area contributed by atoms with Gasteiger partial charge in [-0.25, -0.2) is 0 Å².